The minimum atomic E-state index is 0.967. The van der Waals surface area contributed by atoms with Gasteiger partial charge in [-0.05, 0) is 31.9 Å². The van der Waals surface area contributed by atoms with E-state index >= 15 is 0 Å². The highest BCUT2D eigenvalue weighted by Crippen LogP contribution is 2.19. The Kier molecular flexibility index (Phi) is 6.22. The number of rotatable bonds is 8. The van der Waals surface area contributed by atoms with E-state index < -0.39 is 0 Å². The van der Waals surface area contributed by atoms with Crippen molar-refractivity contribution in [2.24, 2.45) is 0 Å². The number of hydrogen-bond donors (Lipinski definition) is 1. The summed E-state index contributed by atoms with van der Waals surface area (Å²) in [5, 5.41) is 4.76. The molecule has 1 aromatic carbocycles. The fraction of sp³-hybridized carbons (Fsp3) is 0.471. The van der Waals surface area contributed by atoms with E-state index in [9.17, 15) is 0 Å². The van der Waals surface area contributed by atoms with E-state index in [-0.39, 0.29) is 0 Å². The van der Waals surface area contributed by atoms with Gasteiger partial charge in [0, 0.05) is 17.8 Å². The minimum Gasteiger partial charge on any atom is -0.312 e. The van der Waals surface area contributed by atoms with Crippen LogP contribution in [0.1, 0.15) is 40.9 Å². The zero-order valence-electron chi connectivity index (χ0n) is 12.5. The molecule has 0 spiro atoms. The number of unbranched alkanes of at least 4 members (excludes halogenated alkanes) is 1. The van der Waals surface area contributed by atoms with E-state index in [0.717, 1.165) is 25.9 Å². The molecule has 0 unspecified atom stereocenters. The lowest BCUT2D eigenvalue weighted by molar-refractivity contribution is 0.644. The highest BCUT2D eigenvalue weighted by atomic mass is 32.1. The van der Waals surface area contributed by atoms with E-state index in [1.165, 1.54) is 34.0 Å². The molecule has 3 heteroatoms. The second-order valence-corrected chi connectivity index (χ2v) is 6.30. The van der Waals surface area contributed by atoms with Gasteiger partial charge in [-0.1, -0.05) is 43.7 Å². The van der Waals surface area contributed by atoms with Crippen LogP contribution in [0.25, 0.3) is 0 Å². The number of hydrogen-bond acceptors (Lipinski definition) is 3. The average Bonchev–Trinajstić information content (AvgIpc) is 2.83. The van der Waals surface area contributed by atoms with E-state index in [1.54, 1.807) is 0 Å². The van der Waals surface area contributed by atoms with E-state index in [0.29, 0.717) is 0 Å². The summed E-state index contributed by atoms with van der Waals surface area (Å²) in [6.07, 6.45) is 4.62. The first-order valence-electron chi connectivity index (χ1n) is 7.49. The van der Waals surface area contributed by atoms with Crippen molar-refractivity contribution in [1.82, 2.24) is 10.3 Å². The van der Waals surface area contributed by atoms with Crippen LogP contribution in [-0.2, 0) is 19.4 Å². The number of aromatic nitrogens is 1. The molecule has 0 fully saturated rings. The lowest BCUT2D eigenvalue weighted by atomic mass is 10.1. The third-order valence-electron chi connectivity index (χ3n) is 3.40. The van der Waals surface area contributed by atoms with Crippen LogP contribution in [-0.4, -0.2) is 11.5 Å². The summed E-state index contributed by atoms with van der Waals surface area (Å²) in [4.78, 5) is 6.10. The summed E-state index contributed by atoms with van der Waals surface area (Å²) >= 11 is 1.86. The molecule has 2 aromatic rings. The third kappa shape index (κ3) is 4.73. The van der Waals surface area contributed by atoms with Gasteiger partial charge in [-0.15, -0.1) is 11.3 Å². The summed E-state index contributed by atoms with van der Waals surface area (Å²) in [6, 6.07) is 10.6. The molecular formula is C17H24N2S. The Morgan fingerprint density at radius 1 is 1.15 bits per heavy atom. The fourth-order valence-corrected chi connectivity index (χ4v) is 3.20. The molecule has 20 heavy (non-hydrogen) atoms. The van der Waals surface area contributed by atoms with E-state index in [4.69, 9.17) is 4.98 Å². The van der Waals surface area contributed by atoms with Gasteiger partial charge in [-0.2, -0.15) is 0 Å². The molecule has 1 heterocycles. The number of benzene rings is 1. The second-order valence-electron chi connectivity index (χ2n) is 5.13. The molecule has 0 aliphatic heterocycles. The van der Waals surface area contributed by atoms with Gasteiger partial charge in [0.2, 0.25) is 0 Å². The van der Waals surface area contributed by atoms with Gasteiger partial charge in [0.05, 0.1) is 10.7 Å². The van der Waals surface area contributed by atoms with Crippen LogP contribution in [0.3, 0.4) is 0 Å². The number of thiazole rings is 1. The van der Waals surface area contributed by atoms with Crippen molar-refractivity contribution in [3.63, 3.8) is 0 Å². The molecule has 108 valence electrons. The summed E-state index contributed by atoms with van der Waals surface area (Å²) in [5.41, 5.74) is 2.59. The molecule has 0 amide bonds. The first-order valence-corrected chi connectivity index (χ1v) is 8.31. The zero-order valence-corrected chi connectivity index (χ0v) is 13.3. The van der Waals surface area contributed by atoms with Crippen molar-refractivity contribution in [2.75, 3.05) is 6.54 Å². The molecule has 0 saturated heterocycles. The standard InChI is InChI=1S/C17H24N2S/c1-3-4-12-18-13-16-14(2)19-17(20-16)11-10-15-8-6-5-7-9-15/h5-9,18H,3-4,10-13H2,1-2H3. The summed E-state index contributed by atoms with van der Waals surface area (Å²) in [7, 11) is 0. The van der Waals surface area contributed by atoms with Crippen molar-refractivity contribution < 1.29 is 0 Å². The Labute approximate surface area is 126 Å². The van der Waals surface area contributed by atoms with Gasteiger partial charge < -0.3 is 5.32 Å². The van der Waals surface area contributed by atoms with Gasteiger partial charge in [-0.25, -0.2) is 4.98 Å². The van der Waals surface area contributed by atoms with Crippen molar-refractivity contribution in [2.45, 2.75) is 46.1 Å². The molecule has 2 rings (SSSR count). The molecule has 0 saturated carbocycles. The first-order chi connectivity index (χ1) is 9.79. The minimum absolute atomic E-state index is 0.967. The smallest absolute Gasteiger partial charge is 0.0934 e. The first kappa shape index (κ1) is 15.2. The maximum atomic E-state index is 4.70. The summed E-state index contributed by atoms with van der Waals surface area (Å²) in [5.74, 6) is 0. The van der Waals surface area contributed by atoms with Crippen LogP contribution in [0.5, 0.6) is 0 Å². The monoisotopic (exact) mass is 288 g/mol. The number of aryl methyl sites for hydroxylation is 3. The van der Waals surface area contributed by atoms with Gasteiger partial charge in [-0.3, -0.25) is 0 Å². The van der Waals surface area contributed by atoms with Crippen LogP contribution in [0, 0.1) is 6.92 Å². The molecule has 0 radical (unpaired) electrons. The Bertz CT molecular complexity index is 505. The normalized spacial score (nSPS) is 10.9. The molecule has 0 atom stereocenters. The summed E-state index contributed by atoms with van der Waals surface area (Å²) < 4.78 is 0. The van der Waals surface area contributed by atoms with Crippen LogP contribution in [0.15, 0.2) is 30.3 Å². The molecule has 0 bridgehead atoms. The number of nitrogens with one attached hydrogen (secondary N) is 1. The third-order valence-corrected chi connectivity index (χ3v) is 4.62. The lowest BCUT2D eigenvalue weighted by Gasteiger charge is -2.01. The Hall–Kier alpha value is -1.19. The van der Waals surface area contributed by atoms with Crippen molar-refractivity contribution in [3.05, 3.63) is 51.5 Å². The van der Waals surface area contributed by atoms with Crippen LogP contribution in [0.2, 0.25) is 0 Å². The Balaban J connectivity index is 1.84. The van der Waals surface area contributed by atoms with Gasteiger partial charge in [0.15, 0.2) is 0 Å². The van der Waals surface area contributed by atoms with E-state index in [1.807, 2.05) is 11.3 Å². The predicted octanol–water partition coefficient (Wildman–Crippen LogP) is 4.13. The number of nitrogens with zero attached hydrogens (tertiary/aromatic N) is 1. The molecule has 0 aliphatic carbocycles. The van der Waals surface area contributed by atoms with Gasteiger partial charge in [0.1, 0.15) is 0 Å². The molecule has 0 aliphatic rings. The topological polar surface area (TPSA) is 24.9 Å². The van der Waals surface area contributed by atoms with Gasteiger partial charge in [0.25, 0.3) is 0 Å². The quantitative estimate of drug-likeness (QED) is 0.739. The Morgan fingerprint density at radius 3 is 2.70 bits per heavy atom. The molecular weight excluding hydrogens is 264 g/mol. The Morgan fingerprint density at radius 2 is 1.95 bits per heavy atom. The molecule has 1 N–H and O–H groups in total. The van der Waals surface area contributed by atoms with Crippen molar-refractivity contribution in [3.8, 4) is 0 Å². The summed E-state index contributed by atoms with van der Waals surface area (Å²) in [6.45, 7) is 6.42. The van der Waals surface area contributed by atoms with E-state index in [2.05, 4.69) is 49.5 Å². The van der Waals surface area contributed by atoms with Gasteiger partial charge >= 0.3 is 0 Å². The SMILES string of the molecule is CCCCNCc1sc(CCc2ccccc2)nc1C. The van der Waals surface area contributed by atoms with Crippen LogP contribution >= 0.6 is 11.3 Å². The highest BCUT2D eigenvalue weighted by molar-refractivity contribution is 7.11. The zero-order chi connectivity index (χ0) is 14.2. The van der Waals surface area contributed by atoms with Crippen LogP contribution < -0.4 is 5.32 Å². The molecule has 1 aromatic heterocycles. The fourth-order valence-electron chi connectivity index (χ4n) is 2.16. The van der Waals surface area contributed by atoms with Crippen molar-refractivity contribution in [1.29, 1.82) is 0 Å². The predicted molar refractivity (Wildman–Crippen MR) is 87.3 cm³/mol. The largest absolute Gasteiger partial charge is 0.312 e. The van der Waals surface area contributed by atoms with Crippen LogP contribution in [0.4, 0.5) is 0 Å². The van der Waals surface area contributed by atoms with Crippen molar-refractivity contribution >= 4 is 11.3 Å². The maximum Gasteiger partial charge on any atom is 0.0934 e. The maximum absolute atomic E-state index is 4.70. The second kappa shape index (κ2) is 8.18. The lowest BCUT2D eigenvalue weighted by Crippen LogP contribution is -2.14. The average molecular weight is 288 g/mol. The highest BCUT2D eigenvalue weighted by Gasteiger charge is 2.07. The molecule has 2 nitrogen and oxygen atoms in total.